The molecule has 6 heteroatoms. The molecule has 0 aliphatic carbocycles. The number of aryl methyl sites for hydroxylation is 1. The van der Waals surface area contributed by atoms with Gasteiger partial charge >= 0.3 is 0 Å². The van der Waals surface area contributed by atoms with Crippen LogP contribution in [-0.4, -0.2) is 46.8 Å². The molecule has 3 heterocycles. The summed E-state index contributed by atoms with van der Waals surface area (Å²) in [6, 6.07) is 0.601. The first-order chi connectivity index (χ1) is 9.24. The van der Waals surface area contributed by atoms with E-state index in [0.29, 0.717) is 11.3 Å². The van der Waals surface area contributed by atoms with Gasteiger partial charge in [-0.05, 0) is 38.0 Å². The Balaban J connectivity index is 1.70. The normalized spacial score (nSPS) is 23.4. The van der Waals surface area contributed by atoms with Gasteiger partial charge in [-0.1, -0.05) is 6.42 Å². The molecule has 2 aliphatic rings. The van der Waals surface area contributed by atoms with Crippen molar-refractivity contribution in [3.05, 3.63) is 11.0 Å². The number of nitrogens with zero attached hydrogens (tertiary/aromatic N) is 3. The van der Waals surface area contributed by atoms with E-state index in [1.807, 2.05) is 11.8 Å². The summed E-state index contributed by atoms with van der Waals surface area (Å²) in [7, 11) is 2.21. The summed E-state index contributed by atoms with van der Waals surface area (Å²) >= 11 is 7.83. The number of rotatable bonds is 3. The Kier molecular flexibility index (Phi) is 4.15. The molecular weight excluding hydrogens is 280 g/mol. The van der Waals surface area contributed by atoms with Gasteiger partial charge in [0.1, 0.15) is 5.82 Å². The van der Waals surface area contributed by atoms with Crippen LogP contribution in [0.2, 0.25) is 5.28 Å². The van der Waals surface area contributed by atoms with E-state index in [1.165, 1.54) is 30.7 Å². The highest BCUT2D eigenvalue weighted by Gasteiger charge is 2.22. The zero-order valence-electron chi connectivity index (χ0n) is 11.2. The van der Waals surface area contributed by atoms with Crippen LogP contribution >= 0.6 is 23.4 Å². The van der Waals surface area contributed by atoms with E-state index in [1.54, 1.807) is 0 Å². The molecule has 3 rings (SSSR count). The second kappa shape index (κ2) is 5.85. The molecule has 0 amide bonds. The van der Waals surface area contributed by atoms with Crippen LogP contribution in [-0.2, 0) is 6.42 Å². The second-order valence-electron chi connectivity index (χ2n) is 5.23. The smallest absolute Gasteiger partial charge is 0.224 e. The Bertz CT molecular complexity index is 468. The van der Waals surface area contributed by atoms with Crippen LogP contribution in [0.3, 0.4) is 0 Å². The number of hydrogen-bond donors (Lipinski definition) is 1. The maximum atomic E-state index is 6.00. The van der Waals surface area contributed by atoms with Crippen LogP contribution in [0.25, 0.3) is 0 Å². The Labute approximate surface area is 123 Å². The maximum absolute atomic E-state index is 6.00. The molecule has 0 bridgehead atoms. The lowest BCUT2D eigenvalue weighted by Gasteiger charge is -2.32. The van der Waals surface area contributed by atoms with E-state index in [9.17, 15) is 0 Å². The van der Waals surface area contributed by atoms with Crippen molar-refractivity contribution in [1.82, 2.24) is 14.9 Å². The molecule has 1 atom stereocenters. The van der Waals surface area contributed by atoms with Gasteiger partial charge in [0, 0.05) is 24.8 Å². The molecule has 0 radical (unpaired) electrons. The SMILES string of the molecule is CN1CCCCC1CNc1nc(Cl)nc2c1SCC2. The molecule has 2 aliphatic heterocycles. The van der Waals surface area contributed by atoms with E-state index in [2.05, 4.69) is 27.2 Å². The summed E-state index contributed by atoms with van der Waals surface area (Å²) in [6.07, 6.45) is 4.91. The summed E-state index contributed by atoms with van der Waals surface area (Å²) in [5, 5.41) is 3.85. The topological polar surface area (TPSA) is 41.0 Å². The van der Waals surface area contributed by atoms with Gasteiger partial charge in [0.15, 0.2) is 0 Å². The number of thioether (sulfide) groups is 1. The largest absolute Gasteiger partial charge is 0.367 e. The van der Waals surface area contributed by atoms with Gasteiger partial charge in [0.05, 0.1) is 10.6 Å². The van der Waals surface area contributed by atoms with Crippen molar-refractivity contribution < 1.29 is 0 Å². The predicted molar refractivity (Wildman–Crippen MR) is 80.2 cm³/mol. The fourth-order valence-corrected chi connectivity index (χ4v) is 4.03. The molecule has 1 aromatic heterocycles. The summed E-state index contributed by atoms with van der Waals surface area (Å²) in [5.74, 6) is 2.01. The molecule has 1 fully saturated rings. The molecule has 4 nitrogen and oxygen atoms in total. The van der Waals surface area contributed by atoms with Crippen molar-refractivity contribution >= 4 is 29.2 Å². The minimum Gasteiger partial charge on any atom is -0.367 e. The van der Waals surface area contributed by atoms with Gasteiger partial charge in [-0.3, -0.25) is 0 Å². The number of nitrogens with one attached hydrogen (secondary N) is 1. The fraction of sp³-hybridized carbons (Fsp3) is 0.692. The Morgan fingerprint density at radius 2 is 2.32 bits per heavy atom. The van der Waals surface area contributed by atoms with Crippen molar-refractivity contribution in [1.29, 1.82) is 0 Å². The van der Waals surface area contributed by atoms with Crippen LogP contribution in [0, 0.1) is 0 Å². The van der Waals surface area contributed by atoms with E-state index in [-0.39, 0.29) is 0 Å². The first kappa shape index (κ1) is 13.5. The van der Waals surface area contributed by atoms with Crippen molar-refractivity contribution in [3.63, 3.8) is 0 Å². The molecule has 0 spiro atoms. The minimum absolute atomic E-state index is 0.362. The lowest BCUT2D eigenvalue weighted by Crippen LogP contribution is -2.40. The van der Waals surface area contributed by atoms with Crippen molar-refractivity contribution in [2.24, 2.45) is 0 Å². The Morgan fingerprint density at radius 3 is 3.16 bits per heavy atom. The van der Waals surface area contributed by atoms with Gasteiger partial charge in [-0.25, -0.2) is 4.98 Å². The average molecular weight is 299 g/mol. The average Bonchev–Trinajstić information content (AvgIpc) is 2.85. The van der Waals surface area contributed by atoms with E-state index < -0.39 is 0 Å². The molecule has 19 heavy (non-hydrogen) atoms. The number of anilines is 1. The highest BCUT2D eigenvalue weighted by molar-refractivity contribution is 7.99. The van der Waals surface area contributed by atoms with Crippen molar-refractivity contribution in [3.8, 4) is 0 Å². The molecule has 1 unspecified atom stereocenters. The number of hydrogen-bond acceptors (Lipinski definition) is 5. The summed E-state index contributed by atoms with van der Waals surface area (Å²) in [4.78, 5) is 12.3. The Hall–Kier alpha value is -0.520. The zero-order chi connectivity index (χ0) is 13.2. The molecule has 1 N–H and O–H groups in total. The van der Waals surface area contributed by atoms with Gasteiger partial charge in [0.2, 0.25) is 5.28 Å². The lowest BCUT2D eigenvalue weighted by molar-refractivity contribution is 0.194. The molecule has 0 saturated carbocycles. The van der Waals surface area contributed by atoms with E-state index in [0.717, 1.165) is 30.2 Å². The lowest BCUT2D eigenvalue weighted by atomic mass is 10.0. The third kappa shape index (κ3) is 2.98. The summed E-state index contributed by atoms with van der Waals surface area (Å²) in [5.41, 5.74) is 1.10. The number of halogens is 1. The molecular formula is C13H19ClN4S. The second-order valence-corrected chi connectivity index (χ2v) is 6.67. The highest BCUT2D eigenvalue weighted by Crippen LogP contribution is 2.36. The minimum atomic E-state index is 0.362. The number of likely N-dealkylation sites (tertiary alicyclic amines) is 1. The third-order valence-electron chi connectivity index (χ3n) is 3.92. The highest BCUT2D eigenvalue weighted by atomic mass is 35.5. The standard InChI is InChI=1S/C13H19ClN4S/c1-18-6-3-2-4-9(18)8-15-12-11-10(5-7-19-11)16-13(14)17-12/h9H,2-8H2,1H3,(H,15,16,17). The van der Waals surface area contributed by atoms with Crippen molar-refractivity contribution in [2.75, 3.05) is 31.2 Å². The van der Waals surface area contributed by atoms with Crippen LogP contribution in [0.1, 0.15) is 25.0 Å². The van der Waals surface area contributed by atoms with Gasteiger partial charge < -0.3 is 10.2 Å². The number of fused-ring (bicyclic) bond motifs is 1. The van der Waals surface area contributed by atoms with Gasteiger partial charge in [-0.2, -0.15) is 4.98 Å². The number of likely N-dealkylation sites (N-methyl/N-ethyl adjacent to an activating group) is 1. The van der Waals surface area contributed by atoms with E-state index in [4.69, 9.17) is 11.6 Å². The quantitative estimate of drug-likeness (QED) is 0.869. The molecule has 0 aromatic carbocycles. The Morgan fingerprint density at radius 1 is 1.42 bits per heavy atom. The van der Waals surface area contributed by atoms with Gasteiger partial charge in [-0.15, -0.1) is 11.8 Å². The van der Waals surface area contributed by atoms with Crippen LogP contribution in [0.4, 0.5) is 5.82 Å². The maximum Gasteiger partial charge on any atom is 0.224 e. The van der Waals surface area contributed by atoms with Crippen LogP contribution in [0.5, 0.6) is 0 Å². The number of aromatic nitrogens is 2. The first-order valence-electron chi connectivity index (χ1n) is 6.87. The van der Waals surface area contributed by atoms with Crippen LogP contribution in [0.15, 0.2) is 4.90 Å². The van der Waals surface area contributed by atoms with Crippen LogP contribution < -0.4 is 5.32 Å². The fourth-order valence-electron chi connectivity index (χ4n) is 2.77. The third-order valence-corrected chi connectivity index (χ3v) is 5.22. The monoisotopic (exact) mass is 298 g/mol. The van der Waals surface area contributed by atoms with E-state index >= 15 is 0 Å². The molecule has 104 valence electrons. The zero-order valence-corrected chi connectivity index (χ0v) is 12.7. The molecule has 1 aromatic rings. The summed E-state index contributed by atoms with van der Waals surface area (Å²) in [6.45, 7) is 2.14. The van der Waals surface area contributed by atoms with Gasteiger partial charge in [0.25, 0.3) is 0 Å². The molecule has 1 saturated heterocycles. The summed E-state index contributed by atoms with van der Waals surface area (Å²) < 4.78 is 0. The van der Waals surface area contributed by atoms with Crippen molar-refractivity contribution in [2.45, 2.75) is 36.6 Å². The predicted octanol–water partition coefficient (Wildman–Crippen LogP) is 2.67. The first-order valence-corrected chi connectivity index (χ1v) is 8.24. The number of piperidine rings is 1.